The van der Waals surface area contributed by atoms with Gasteiger partial charge in [0, 0.05) is 24.4 Å². The lowest BCUT2D eigenvalue weighted by Gasteiger charge is -2.21. The molecule has 1 aliphatic rings. The van der Waals surface area contributed by atoms with E-state index < -0.39 is 10.0 Å². The van der Waals surface area contributed by atoms with Gasteiger partial charge in [-0.25, -0.2) is 8.42 Å². The maximum Gasteiger partial charge on any atom is 0.243 e. The summed E-state index contributed by atoms with van der Waals surface area (Å²) in [6.45, 7) is 1.08. The first-order valence-electron chi connectivity index (χ1n) is 10.0. The molecule has 2 heterocycles. The van der Waals surface area contributed by atoms with Crippen molar-refractivity contribution in [3.8, 4) is 5.75 Å². The van der Waals surface area contributed by atoms with Gasteiger partial charge in [0.05, 0.1) is 17.7 Å². The highest BCUT2D eigenvalue weighted by Gasteiger charge is 2.26. The van der Waals surface area contributed by atoms with E-state index in [1.807, 2.05) is 11.4 Å². The maximum absolute atomic E-state index is 13.1. The van der Waals surface area contributed by atoms with Gasteiger partial charge >= 0.3 is 0 Å². The summed E-state index contributed by atoms with van der Waals surface area (Å²) in [5.74, 6) is 0.301. The number of hydrogen-bond donors (Lipinski definition) is 1. The number of sulfonamides is 1. The normalized spacial score (nSPS) is 15.6. The van der Waals surface area contributed by atoms with Crippen molar-refractivity contribution in [2.45, 2.75) is 49.8 Å². The first kappa shape index (κ1) is 21.8. The molecule has 1 aliphatic heterocycles. The Morgan fingerprint density at radius 1 is 1.17 bits per heavy atom. The fourth-order valence-corrected chi connectivity index (χ4v) is 5.76. The van der Waals surface area contributed by atoms with Crippen molar-refractivity contribution >= 4 is 33.0 Å². The summed E-state index contributed by atoms with van der Waals surface area (Å²) in [4.78, 5) is 13.8. The molecular weight excluding hydrogens is 408 g/mol. The predicted octanol–water partition coefficient (Wildman–Crippen LogP) is 4.28. The second-order valence-corrected chi connectivity index (χ2v) is 10.1. The second-order valence-electron chi connectivity index (χ2n) is 7.16. The van der Waals surface area contributed by atoms with Crippen molar-refractivity contribution < 1.29 is 17.9 Å². The number of hydrogen-bond acceptors (Lipinski definition) is 5. The topological polar surface area (TPSA) is 75.7 Å². The van der Waals surface area contributed by atoms with Gasteiger partial charge in [0.1, 0.15) is 5.75 Å². The Kier molecular flexibility index (Phi) is 7.69. The number of amides is 1. The number of benzene rings is 1. The van der Waals surface area contributed by atoms with Gasteiger partial charge in [0.25, 0.3) is 0 Å². The van der Waals surface area contributed by atoms with E-state index >= 15 is 0 Å². The Bertz CT molecular complexity index is 903. The standard InChI is InChI=1S/C21H28N2O4S2/c1-27-20-12-11-18(29(25,26)23-13-4-2-3-5-14-23)16-19(20)22-21(24)10-6-8-17-9-7-15-28-17/h7,9,11-12,15-16H,2-6,8,10,13-14H2,1H3,(H,22,24). The van der Waals surface area contributed by atoms with Crippen LogP contribution in [0.2, 0.25) is 0 Å². The minimum absolute atomic E-state index is 0.149. The van der Waals surface area contributed by atoms with Crippen LogP contribution in [0.1, 0.15) is 43.4 Å². The second kappa shape index (κ2) is 10.2. The van der Waals surface area contributed by atoms with E-state index in [4.69, 9.17) is 4.74 Å². The zero-order valence-corrected chi connectivity index (χ0v) is 18.4. The van der Waals surface area contributed by atoms with E-state index in [9.17, 15) is 13.2 Å². The van der Waals surface area contributed by atoms with Crippen LogP contribution in [-0.4, -0.2) is 38.8 Å². The van der Waals surface area contributed by atoms with Crippen LogP contribution in [0.15, 0.2) is 40.6 Å². The summed E-state index contributed by atoms with van der Waals surface area (Å²) in [7, 11) is -2.08. The fourth-order valence-electron chi connectivity index (χ4n) is 3.47. The van der Waals surface area contributed by atoms with Crippen LogP contribution in [0.4, 0.5) is 5.69 Å². The molecule has 0 atom stereocenters. The largest absolute Gasteiger partial charge is 0.495 e. The lowest BCUT2D eigenvalue weighted by molar-refractivity contribution is -0.116. The van der Waals surface area contributed by atoms with E-state index in [0.29, 0.717) is 30.9 Å². The van der Waals surface area contributed by atoms with Gasteiger partial charge in [-0.2, -0.15) is 4.31 Å². The Labute approximate surface area is 176 Å². The summed E-state index contributed by atoms with van der Waals surface area (Å²) in [6.07, 6.45) is 5.82. The first-order valence-corrected chi connectivity index (χ1v) is 12.3. The van der Waals surface area contributed by atoms with Crippen molar-refractivity contribution in [2.75, 3.05) is 25.5 Å². The molecule has 1 amide bonds. The highest BCUT2D eigenvalue weighted by Crippen LogP contribution is 2.30. The van der Waals surface area contributed by atoms with Crippen molar-refractivity contribution in [3.05, 3.63) is 40.6 Å². The molecule has 8 heteroatoms. The quantitative estimate of drug-likeness (QED) is 0.670. The third-order valence-corrected chi connectivity index (χ3v) is 7.89. The van der Waals surface area contributed by atoms with Gasteiger partial charge in [-0.3, -0.25) is 4.79 Å². The molecule has 1 fully saturated rings. The number of ether oxygens (including phenoxy) is 1. The number of thiophene rings is 1. The van der Waals surface area contributed by atoms with Crippen LogP contribution >= 0.6 is 11.3 Å². The van der Waals surface area contributed by atoms with Crippen molar-refractivity contribution in [1.29, 1.82) is 0 Å². The number of anilines is 1. The Morgan fingerprint density at radius 3 is 2.59 bits per heavy atom. The molecule has 1 saturated heterocycles. The molecule has 29 heavy (non-hydrogen) atoms. The van der Waals surface area contributed by atoms with E-state index in [-0.39, 0.29) is 10.8 Å². The third kappa shape index (κ3) is 5.81. The Morgan fingerprint density at radius 2 is 1.93 bits per heavy atom. The third-order valence-electron chi connectivity index (χ3n) is 5.05. The minimum atomic E-state index is -3.59. The molecule has 158 valence electrons. The zero-order chi connectivity index (χ0) is 20.7. The molecule has 0 radical (unpaired) electrons. The maximum atomic E-state index is 13.1. The van der Waals surface area contributed by atoms with E-state index in [2.05, 4.69) is 11.4 Å². The fraction of sp³-hybridized carbons (Fsp3) is 0.476. The minimum Gasteiger partial charge on any atom is -0.495 e. The van der Waals surface area contributed by atoms with Gasteiger partial charge in [-0.15, -0.1) is 11.3 Å². The number of methoxy groups -OCH3 is 1. The number of aryl methyl sites for hydroxylation is 1. The molecule has 0 saturated carbocycles. The van der Waals surface area contributed by atoms with Crippen LogP contribution in [0.25, 0.3) is 0 Å². The molecular formula is C21H28N2O4S2. The van der Waals surface area contributed by atoms with Crippen LogP contribution in [0.5, 0.6) is 5.75 Å². The molecule has 0 bridgehead atoms. The number of rotatable bonds is 8. The number of carbonyl (C=O) groups is 1. The van der Waals surface area contributed by atoms with Crippen molar-refractivity contribution in [2.24, 2.45) is 0 Å². The monoisotopic (exact) mass is 436 g/mol. The summed E-state index contributed by atoms with van der Waals surface area (Å²) >= 11 is 1.68. The predicted molar refractivity (Wildman–Crippen MR) is 116 cm³/mol. The number of nitrogens with one attached hydrogen (secondary N) is 1. The summed E-state index contributed by atoms with van der Waals surface area (Å²) in [6, 6.07) is 8.72. The Balaban J connectivity index is 1.69. The van der Waals surface area contributed by atoms with Gasteiger partial charge in [-0.05, 0) is 55.3 Å². The molecule has 6 nitrogen and oxygen atoms in total. The molecule has 0 aliphatic carbocycles. The molecule has 3 rings (SSSR count). The van der Waals surface area contributed by atoms with E-state index in [1.54, 1.807) is 27.8 Å². The number of nitrogens with zero attached hydrogens (tertiary/aromatic N) is 1. The molecule has 1 aromatic heterocycles. The van der Waals surface area contributed by atoms with Gasteiger partial charge < -0.3 is 10.1 Å². The summed E-state index contributed by atoms with van der Waals surface area (Å²) in [5, 5.41) is 4.85. The van der Waals surface area contributed by atoms with Gasteiger partial charge in [0.15, 0.2) is 0 Å². The van der Waals surface area contributed by atoms with Crippen LogP contribution in [0, 0.1) is 0 Å². The van der Waals surface area contributed by atoms with Gasteiger partial charge in [0.2, 0.25) is 15.9 Å². The average molecular weight is 437 g/mol. The lowest BCUT2D eigenvalue weighted by Crippen LogP contribution is -2.32. The Hall–Kier alpha value is -1.90. The smallest absolute Gasteiger partial charge is 0.243 e. The van der Waals surface area contributed by atoms with Crippen LogP contribution in [0.3, 0.4) is 0 Å². The SMILES string of the molecule is COc1ccc(S(=O)(=O)N2CCCCCC2)cc1NC(=O)CCCc1cccs1. The molecule has 1 N–H and O–H groups in total. The molecule has 2 aromatic rings. The highest BCUT2D eigenvalue weighted by atomic mass is 32.2. The first-order chi connectivity index (χ1) is 14.0. The van der Waals surface area contributed by atoms with Gasteiger partial charge in [-0.1, -0.05) is 18.9 Å². The molecule has 1 aromatic carbocycles. The number of carbonyl (C=O) groups excluding carboxylic acids is 1. The zero-order valence-electron chi connectivity index (χ0n) is 16.7. The highest BCUT2D eigenvalue weighted by molar-refractivity contribution is 7.89. The molecule has 0 unspecified atom stereocenters. The molecule has 0 spiro atoms. The van der Waals surface area contributed by atoms with Crippen molar-refractivity contribution in [1.82, 2.24) is 4.31 Å². The van der Waals surface area contributed by atoms with E-state index in [0.717, 1.165) is 38.5 Å². The average Bonchev–Trinajstić information content (AvgIpc) is 3.06. The summed E-state index contributed by atoms with van der Waals surface area (Å²) in [5.41, 5.74) is 0.393. The van der Waals surface area contributed by atoms with E-state index in [1.165, 1.54) is 18.1 Å². The van der Waals surface area contributed by atoms with Crippen molar-refractivity contribution in [3.63, 3.8) is 0 Å². The van der Waals surface area contributed by atoms with Crippen LogP contribution < -0.4 is 10.1 Å². The lowest BCUT2D eigenvalue weighted by atomic mass is 10.2. The summed E-state index contributed by atoms with van der Waals surface area (Å²) < 4.78 is 33.0. The van der Waals surface area contributed by atoms with Crippen LogP contribution in [-0.2, 0) is 21.2 Å².